The molecule has 1 aromatic carbocycles. The Labute approximate surface area is 128 Å². The molecule has 0 aromatic heterocycles. The molecule has 0 aliphatic heterocycles. The first-order valence-corrected chi connectivity index (χ1v) is 7.76. The average molecular weight is 286 g/mol. The van der Waals surface area contributed by atoms with Gasteiger partial charge in [0.25, 0.3) is 0 Å². The maximum absolute atomic E-state index is 5.49. The van der Waals surface area contributed by atoms with Gasteiger partial charge in [0.1, 0.15) is 0 Å². The van der Waals surface area contributed by atoms with Gasteiger partial charge in [0, 0.05) is 31.8 Å². The molecule has 1 aliphatic rings. The third-order valence-corrected chi connectivity index (χ3v) is 4.18. The number of methoxy groups -OCH3 is 1. The highest BCUT2D eigenvalue weighted by Crippen LogP contribution is 2.35. The lowest BCUT2D eigenvalue weighted by Crippen LogP contribution is -2.36. The molecule has 0 heterocycles. The van der Waals surface area contributed by atoms with Crippen molar-refractivity contribution < 1.29 is 4.74 Å². The molecule has 3 heteroatoms. The van der Waals surface area contributed by atoms with E-state index in [1.165, 1.54) is 18.4 Å². The zero-order valence-corrected chi connectivity index (χ0v) is 13.1. The van der Waals surface area contributed by atoms with Gasteiger partial charge in [-0.2, -0.15) is 0 Å². The van der Waals surface area contributed by atoms with Gasteiger partial charge < -0.3 is 10.5 Å². The van der Waals surface area contributed by atoms with E-state index in [0.29, 0.717) is 12.6 Å². The Bertz CT molecular complexity index is 499. The number of ether oxygens (including phenoxy) is 1. The molecule has 1 aromatic rings. The van der Waals surface area contributed by atoms with Crippen molar-refractivity contribution in [1.82, 2.24) is 4.90 Å². The zero-order chi connectivity index (χ0) is 15.1. The van der Waals surface area contributed by atoms with Crippen molar-refractivity contribution in [1.29, 1.82) is 0 Å². The van der Waals surface area contributed by atoms with Gasteiger partial charge in [-0.25, -0.2) is 0 Å². The lowest BCUT2D eigenvalue weighted by Gasteiger charge is -2.29. The van der Waals surface area contributed by atoms with Crippen LogP contribution in [0.1, 0.15) is 30.9 Å². The number of nitrogens with zero attached hydrogens (tertiary/aromatic N) is 1. The molecule has 1 aliphatic carbocycles. The largest absolute Gasteiger partial charge is 0.383 e. The molecule has 114 valence electrons. The summed E-state index contributed by atoms with van der Waals surface area (Å²) >= 11 is 0. The summed E-state index contributed by atoms with van der Waals surface area (Å²) in [7, 11) is 1.76. The number of nitrogens with two attached hydrogens (primary N) is 1. The smallest absolute Gasteiger partial charge is 0.0589 e. The summed E-state index contributed by atoms with van der Waals surface area (Å²) in [6.45, 7) is 5.40. The average Bonchev–Trinajstić information content (AvgIpc) is 3.34. The van der Waals surface area contributed by atoms with Gasteiger partial charge in [-0.1, -0.05) is 30.0 Å². The molecule has 0 amide bonds. The van der Waals surface area contributed by atoms with Crippen molar-refractivity contribution in [2.75, 3.05) is 26.8 Å². The van der Waals surface area contributed by atoms with Crippen LogP contribution >= 0.6 is 0 Å². The Hall–Kier alpha value is -1.34. The maximum atomic E-state index is 5.49. The van der Waals surface area contributed by atoms with Crippen molar-refractivity contribution in [2.24, 2.45) is 11.7 Å². The predicted molar refractivity (Wildman–Crippen MR) is 86.8 cm³/mol. The van der Waals surface area contributed by atoms with Crippen molar-refractivity contribution in [3.05, 3.63) is 35.4 Å². The zero-order valence-electron chi connectivity index (χ0n) is 13.1. The fraction of sp³-hybridized carbons (Fsp3) is 0.556. The fourth-order valence-corrected chi connectivity index (χ4v) is 2.66. The van der Waals surface area contributed by atoms with Crippen molar-refractivity contribution in [2.45, 2.75) is 32.4 Å². The van der Waals surface area contributed by atoms with Gasteiger partial charge in [-0.15, -0.1) is 0 Å². The highest BCUT2D eigenvalue weighted by molar-refractivity contribution is 5.41. The summed E-state index contributed by atoms with van der Waals surface area (Å²) in [5.41, 5.74) is 7.86. The van der Waals surface area contributed by atoms with E-state index >= 15 is 0 Å². The molecule has 1 saturated carbocycles. The quantitative estimate of drug-likeness (QED) is 0.781. The van der Waals surface area contributed by atoms with E-state index in [4.69, 9.17) is 10.5 Å². The monoisotopic (exact) mass is 286 g/mol. The Morgan fingerprint density at radius 2 is 2.14 bits per heavy atom. The third kappa shape index (κ3) is 4.86. The van der Waals surface area contributed by atoms with Crippen LogP contribution in [0.3, 0.4) is 0 Å². The molecule has 1 fully saturated rings. The highest BCUT2D eigenvalue weighted by atomic mass is 16.5. The minimum atomic E-state index is 0.403. The first kappa shape index (κ1) is 16.0. The summed E-state index contributed by atoms with van der Waals surface area (Å²) in [6, 6.07) is 8.97. The second kappa shape index (κ2) is 8.19. The Balaban J connectivity index is 2.11. The molecule has 0 radical (unpaired) electrons. The first-order valence-electron chi connectivity index (χ1n) is 7.76. The van der Waals surface area contributed by atoms with Crippen LogP contribution in [0.4, 0.5) is 0 Å². The number of benzene rings is 1. The van der Waals surface area contributed by atoms with Gasteiger partial charge in [0.2, 0.25) is 0 Å². The van der Waals surface area contributed by atoms with Gasteiger partial charge in [0.15, 0.2) is 0 Å². The van der Waals surface area contributed by atoms with E-state index in [0.717, 1.165) is 31.2 Å². The summed E-state index contributed by atoms with van der Waals surface area (Å²) < 4.78 is 5.27. The number of hydrogen-bond donors (Lipinski definition) is 1. The maximum Gasteiger partial charge on any atom is 0.0589 e. The van der Waals surface area contributed by atoms with Crippen LogP contribution in [0, 0.1) is 17.8 Å². The molecule has 0 spiro atoms. The Morgan fingerprint density at radius 1 is 1.38 bits per heavy atom. The summed E-state index contributed by atoms with van der Waals surface area (Å²) in [5.74, 6) is 7.00. The molecule has 1 unspecified atom stereocenters. The summed E-state index contributed by atoms with van der Waals surface area (Å²) in [6.07, 6.45) is 2.72. The van der Waals surface area contributed by atoms with Crippen LogP contribution in [-0.2, 0) is 11.3 Å². The number of hydrogen-bond acceptors (Lipinski definition) is 3. The molecule has 0 saturated heterocycles. The predicted octanol–water partition coefficient (Wildman–Crippen LogP) is 2.24. The van der Waals surface area contributed by atoms with Crippen LogP contribution in [0.25, 0.3) is 0 Å². The molecule has 3 nitrogen and oxygen atoms in total. The van der Waals surface area contributed by atoms with Gasteiger partial charge >= 0.3 is 0 Å². The SMILES string of the molecule is COCCN(Cc1ccccc1C#CCN)C(C)C1CC1. The Morgan fingerprint density at radius 3 is 2.81 bits per heavy atom. The summed E-state index contributed by atoms with van der Waals surface area (Å²) in [4.78, 5) is 2.52. The lowest BCUT2D eigenvalue weighted by atomic mass is 10.1. The second-order valence-corrected chi connectivity index (χ2v) is 5.70. The standard InChI is InChI=1S/C18H26N2O/c1-15(16-9-10-16)20(12-13-21-2)14-18-7-4-3-6-17(18)8-5-11-19/h3-4,6-7,15-16H,9-14,19H2,1-2H3. The van der Waals surface area contributed by atoms with E-state index in [1.54, 1.807) is 7.11 Å². The Kier molecular flexibility index (Phi) is 6.25. The summed E-state index contributed by atoms with van der Waals surface area (Å²) in [5, 5.41) is 0. The topological polar surface area (TPSA) is 38.5 Å². The lowest BCUT2D eigenvalue weighted by molar-refractivity contribution is 0.111. The van der Waals surface area contributed by atoms with Crippen LogP contribution in [0.15, 0.2) is 24.3 Å². The second-order valence-electron chi connectivity index (χ2n) is 5.70. The first-order chi connectivity index (χ1) is 10.3. The van der Waals surface area contributed by atoms with Gasteiger partial charge in [-0.3, -0.25) is 4.90 Å². The van der Waals surface area contributed by atoms with E-state index in [-0.39, 0.29) is 0 Å². The van der Waals surface area contributed by atoms with Crippen LogP contribution in [0.5, 0.6) is 0 Å². The normalized spacial score (nSPS) is 15.6. The van der Waals surface area contributed by atoms with Crippen molar-refractivity contribution in [3.8, 4) is 11.8 Å². The van der Waals surface area contributed by atoms with E-state index < -0.39 is 0 Å². The third-order valence-electron chi connectivity index (χ3n) is 4.18. The molecule has 2 rings (SSSR count). The molecular weight excluding hydrogens is 260 g/mol. The van der Waals surface area contributed by atoms with Crippen LogP contribution < -0.4 is 5.73 Å². The number of rotatable bonds is 7. The van der Waals surface area contributed by atoms with Gasteiger partial charge in [0.05, 0.1) is 13.2 Å². The fourth-order valence-electron chi connectivity index (χ4n) is 2.66. The van der Waals surface area contributed by atoms with Crippen molar-refractivity contribution in [3.63, 3.8) is 0 Å². The minimum Gasteiger partial charge on any atom is -0.383 e. The molecule has 21 heavy (non-hydrogen) atoms. The molecule has 1 atom stereocenters. The molecule has 0 bridgehead atoms. The van der Waals surface area contributed by atoms with Crippen LogP contribution in [0.2, 0.25) is 0 Å². The van der Waals surface area contributed by atoms with Gasteiger partial charge in [-0.05, 0) is 37.3 Å². The van der Waals surface area contributed by atoms with Crippen molar-refractivity contribution >= 4 is 0 Å². The van der Waals surface area contributed by atoms with E-state index in [9.17, 15) is 0 Å². The van der Waals surface area contributed by atoms with Crippen LogP contribution in [-0.4, -0.2) is 37.7 Å². The minimum absolute atomic E-state index is 0.403. The molecule has 2 N–H and O–H groups in total. The highest BCUT2D eigenvalue weighted by Gasteiger charge is 2.31. The van der Waals surface area contributed by atoms with E-state index in [1.807, 2.05) is 6.07 Å². The molecular formula is C18H26N2O. The van der Waals surface area contributed by atoms with E-state index in [2.05, 4.69) is 41.9 Å².